The third kappa shape index (κ3) is 2.86. The molecule has 5 nitrogen and oxygen atoms in total. The Labute approximate surface area is 137 Å². The van der Waals surface area contributed by atoms with Crippen LogP contribution in [-0.4, -0.2) is 17.6 Å². The van der Waals surface area contributed by atoms with Crippen LogP contribution >= 0.6 is 0 Å². The number of aryl methyl sites for hydroxylation is 1. The maximum atomic E-state index is 12.9. The number of ether oxygens (including phenoxy) is 1. The maximum Gasteiger partial charge on any atom is 0.261 e. The molecule has 0 aliphatic heterocycles. The predicted molar refractivity (Wildman–Crippen MR) is 90.1 cm³/mol. The summed E-state index contributed by atoms with van der Waals surface area (Å²) in [5, 5.41) is 2.99. The summed E-state index contributed by atoms with van der Waals surface area (Å²) in [5.74, 6) is -0.413. The van der Waals surface area contributed by atoms with E-state index < -0.39 is 11.7 Å². The number of fused-ring (bicyclic) bond motifs is 1. The van der Waals surface area contributed by atoms with Gasteiger partial charge in [-0.2, -0.15) is 0 Å². The van der Waals surface area contributed by atoms with Gasteiger partial charge in [-0.3, -0.25) is 9.59 Å². The van der Waals surface area contributed by atoms with Gasteiger partial charge in [0.1, 0.15) is 17.1 Å². The quantitative estimate of drug-likeness (QED) is 0.805. The van der Waals surface area contributed by atoms with Crippen LogP contribution in [-0.2, 0) is 7.05 Å². The van der Waals surface area contributed by atoms with Gasteiger partial charge in [0, 0.05) is 18.9 Å². The number of benzene rings is 2. The van der Waals surface area contributed by atoms with Crippen molar-refractivity contribution in [2.45, 2.75) is 0 Å². The van der Waals surface area contributed by atoms with E-state index in [2.05, 4.69) is 5.32 Å². The highest BCUT2D eigenvalue weighted by Gasteiger charge is 2.15. The molecule has 1 heterocycles. The summed E-state index contributed by atoms with van der Waals surface area (Å²) >= 11 is 0. The molecule has 0 aliphatic rings. The van der Waals surface area contributed by atoms with Gasteiger partial charge in [-0.25, -0.2) is 4.39 Å². The Kier molecular flexibility index (Phi) is 4.04. The van der Waals surface area contributed by atoms with Crippen LogP contribution in [0, 0.1) is 5.82 Å². The third-order valence-electron chi connectivity index (χ3n) is 3.74. The van der Waals surface area contributed by atoms with Crippen molar-refractivity contribution in [1.82, 2.24) is 4.57 Å². The summed E-state index contributed by atoms with van der Waals surface area (Å²) in [6, 6.07) is 10.4. The summed E-state index contributed by atoms with van der Waals surface area (Å²) < 4.78 is 19.8. The summed E-state index contributed by atoms with van der Waals surface area (Å²) in [6.45, 7) is 0. The van der Waals surface area contributed by atoms with Crippen molar-refractivity contribution in [3.8, 4) is 5.75 Å². The van der Waals surface area contributed by atoms with Gasteiger partial charge in [0.15, 0.2) is 0 Å². The number of amides is 1. The molecule has 2 aromatic carbocycles. The second kappa shape index (κ2) is 6.16. The number of hydrogen-bond donors (Lipinski definition) is 1. The first-order valence-corrected chi connectivity index (χ1v) is 7.24. The Bertz CT molecular complexity index is 978. The van der Waals surface area contributed by atoms with Crippen molar-refractivity contribution in [3.05, 3.63) is 70.3 Å². The van der Waals surface area contributed by atoms with Crippen LogP contribution in [0.4, 0.5) is 10.1 Å². The molecule has 0 saturated carbocycles. The molecule has 3 aromatic rings. The number of carbonyl (C=O) groups is 1. The van der Waals surface area contributed by atoms with Crippen LogP contribution in [0.1, 0.15) is 10.4 Å². The van der Waals surface area contributed by atoms with Crippen molar-refractivity contribution in [1.29, 1.82) is 0 Å². The zero-order valence-corrected chi connectivity index (χ0v) is 13.2. The van der Waals surface area contributed by atoms with E-state index in [1.165, 1.54) is 37.6 Å². The molecule has 24 heavy (non-hydrogen) atoms. The van der Waals surface area contributed by atoms with Crippen LogP contribution in [0.25, 0.3) is 10.9 Å². The lowest BCUT2D eigenvalue weighted by Gasteiger charge is -2.10. The van der Waals surface area contributed by atoms with Crippen LogP contribution in [0.3, 0.4) is 0 Å². The van der Waals surface area contributed by atoms with Crippen molar-refractivity contribution in [3.63, 3.8) is 0 Å². The zero-order chi connectivity index (χ0) is 17.3. The molecule has 1 amide bonds. The van der Waals surface area contributed by atoms with E-state index in [0.29, 0.717) is 22.3 Å². The third-order valence-corrected chi connectivity index (χ3v) is 3.74. The molecular formula is C18H15FN2O3. The average molecular weight is 326 g/mol. The minimum atomic E-state index is -0.549. The number of anilines is 1. The number of hydrogen-bond acceptors (Lipinski definition) is 3. The van der Waals surface area contributed by atoms with E-state index in [4.69, 9.17) is 4.74 Å². The fraction of sp³-hybridized carbons (Fsp3) is 0.111. The lowest BCUT2D eigenvalue weighted by molar-refractivity contribution is 0.102. The molecule has 0 fully saturated rings. The Morgan fingerprint density at radius 2 is 1.88 bits per heavy atom. The lowest BCUT2D eigenvalue weighted by atomic mass is 10.1. The molecule has 0 saturated heterocycles. The van der Waals surface area contributed by atoms with Gasteiger partial charge in [0.05, 0.1) is 18.0 Å². The van der Waals surface area contributed by atoms with Gasteiger partial charge >= 0.3 is 0 Å². The van der Waals surface area contributed by atoms with Crippen LogP contribution in [0.5, 0.6) is 5.75 Å². The highest BCUT2D eigenvalue weighted by molar-refractivity contribution is 6.05. The van der Waals surface area contributed by atoms with E-state index in [0.717, 1.165) is 0 Å². The Balaban J connectivity index is 2.05. The SMILES string of the molecule is COc1ccc2c(c1)c(=O)c(C(=O)Nc1ccc(F)cc1)cn2C. The standard InChI is InChI=1S/C18H15FN2O3/c1-21-10-15(18(23)20-12-5-3-11(19)4-6-12)17(22)14-9-13(24-2)7-8-16(14)21/h3-10H,1-2H3,(H,20,23). The first-order valence-electron chi connectivity index (χ1n) is 7.24. The molecule has 1 aromatic heterocycles. The Morgan fingerprint density at radius 3 is 2.54 bits per heavy atom. The minimum Gasteiger partial charge on any atom is -0.497 e. The molecule has 0 unspecified atom stereocenters. The highest BCUT2D eigenvalue weighted by Crippen LogP contribution is 2.19. The Morgan fingerprint density at radius 1 is 1.17 bits per heavy atom. The van der Waals surface area contributed by atoms with Gasteiger partial charge in [-0.1, -0.05) is 0 Å². The number of rotatable bonds is 3. The molecular weight excluding hydrogens is 311 g/mol. The molecule has 0 radical (unpaired) electrons. The fourth-order valence-corrected chi connectivity index (χ4v) is 2.49. The molecule has 0 aliphatic carbocycles. The highest BCUT2D eigenvalue weighted by atomic mass is 19.1. The van der Waals surface area contributed by atoms with E-state index in [1.54, 1.807) is 29.8 Å². The molecule has 1 N–H and O–H groups in total. The normalized spacial score (nSPS) is 10.6. The first kappa shape index (κ1) is 15.7. The molecule has 0 atom stereocenters. The number of carbonyl (C=O) groups excluding carboxylic acids is 1. The van der Waals surface area contributed by atoms with Gasteiger partial charge in [-0.15, -0.1) is 0 Å². The summed E-state index contributed by atoms with van der Waals surface area (Å²) in [4.78, 5) is 25.1. The monoisotopic (exact) mass is 326 g/mol. The second-order valence-corrected chi connectivity index (χ2v) is 5.33. The van der Waals surface area contributed by atoms with Gasteiger partial charge in [0.2, 0.25) is 5.43 Å². The Hall–Kier alpha value is -3.15. The van der Waals surface area contributed by atoms with Crippen molar-refractivity contribution >= 4 is 22.5 Å². The number of methoxy groups -OCH3 is 1. The second-order valence-electron chi connectivity index (χ2n) is 5.33. The van der Waals surface area contributed by atoms with Crippen LogP contribution < -0.4 is 15.5 Å². The smallest absolute Gasteiger partial charge is 0.261 e. The van der Waals surface area contributed by atoms with Gasteiger partial charge in [0.25, 0.3) is 5.91 Å². The van der Waals surface area contributed by atoms with Crippen molar-refractivity contribution in [2.24, 2.45) is 7.05 Å². The van der Waals surface area contributed by atoms with Crippen molar-refractivity contribution in [2.75, 3.05) is 12.4 Å². The summed E-state index contributed by atoms with van der Waals surface area (Å²) in [7, 11) is 3.26. The molecule has 6 heteroatoms. The fourth-order valence-electron chi connectivity index (χ4n) is 2.49. The maximum absolute atomic E-state index is 12.9. The number of aromatic nitrogens is 1. The molecule has 3 rings (SSSR count). The zero-order valence-electron chi connectivity index (χ0n) is 13.2. The lowest BCUT2D eigenvalue weighted by Crippen LogP contribution is -2.23. The molecule has 0 spiro atoms. The number of nitrogens with one attached hydrogen (secondary N) is 1. The van der Waals surface area contributed by atoms with Crippen molar-refractivity contribution < 1.29 is 13.9 Å². The molecule has 0 bridgehead atoms. The first-order chi connectivity index (χ1) is 11.5. The number of nitrogens with zero attached hydrogens (tertiary/aromatic N) is 1. The summed E-state index contributed by atoms with van der Waals surface area (Å²) in [6.07, 6.45) is 1.48. The summed E-state index contributed by atoms with van der Waals surface area (Å²) in [5.41, 5.74) is 0.720. The van der Waals surface area contributed by atoms with Crippen LogP contribution in [0.15, 0.2) is 53.5 Å². The largest absolute Gasteiger partial charge is 0.497 e. The molecule has 122 valence electrons. The predicted octanol–water partition coefficient (Wildman–Crippen LogP) is 2.94. The van der Waals surface area contributed by atoms with Gasteiger partial charge < -0.3 is 14.6 Å². The van der Waals surface area contributed by atoms with E-state index in [9.17, 15) is 14.0 Å². The number of halogens is 1. The van der Waals surface area contributed by atoms with Gasteiger partial charge in [-0.05, 0) is 42.5 Å². The van der Waals surface area contributed by atoms with E-state index >= 15 is 0 Å². The van der Waals surface area contributed by atoms with E-state index in [-0.39, 0.29) is 11.0 Å². The average Bonchev–Trinajstić information content (AvgIpc) is 2.59. The topological polar surface area (TPSA) is 60.3 Å². The van der Waals surface area contributed by atoms with E-state index in [1.807, 2.05) is 0 Å². The minimum absolute atomic E-state index is 0.00239. The van der Waals surface area contributed by atoms with Crippen LogP contribution in [0.2, 0.25) is 0 Å². The number of pyridine rings is 1.